The van der Waals surface area contributed by atoms with Gasteiger partial charge in [-0.2, -0.15) is 0 Å². The summed E-state index contributed by atoms with van der Waals surface area (Å²) < 4.78 is 7.06. The zero-order valence-electron chi connectivity index (χ0n) is 11.9. The Balaban J connectivity index is 1.93. The van der Waals surface area contributed by atoms with Gasteiger partial charge in [0.15, 0.2) is 0 Å². The molecule has 0 fully saturated rings. The van der Waals surface area contributed by atoms with Gasteiger partial charge in [-0.1, -0.05) is 32.0 Å². The third-order valence-electron chi connectivity index (χ3n) is 2.83. The van der Waals surface area contributed by atoms with E-state index >= 15 is 0 Å². The van der Waals surface area contributed by atoms with Crippen molar-refractivity contribution in [1.29, 1.82) is 0 Å². The predicted octanol–water partition coefficient (Wildman–Crippen LogP) is 4.84. The quantitative estimate of drug-likeness (QED) is 0.769. The normalized spacial score (nSPS) is 11.0. The van der Waals surface area contributed by atoms with Crippen LogP contribution in [0.15, 0.2) is 40.2 Å². The van der Waals surface area contributed by atoms with Crippen LogP contribution in [-0.4, -0.2) is 6.54 Å². The van der Waals surface area contributed by atoms with E-state index < -0.39 is 0 Å². The standard InChI is InChI=1S/C16H20BrNOS/c1-12(2)8-18-9-13-5-3-4-6-16(13)19-10-15-7-14(17)11-20-15/h3-7,11-12,18H,8-10H2,1-2H3. The minimum atomic E-state index is 0.622. The minimum absolute atomic E-state index is 0.622. The SMILES string of the molecule is CC(C)CNCc1ccccc1OCc1cc(Br)cs1. The second-order valence-electron chi connectivity index (χ2n) is 5.15. The van der Waals surface area contributed by atoms with Gasteiger partial charge in [0.05, 0.1) is 0 Å². The Morgan fingerprint density at radius 3 is 2.80 bits per heavy atom. The predicted molar refractivity (Wildman–Crippen MR) is 89.3 cm³/mol. The molecule has 108 valence electrons. The summed E-state index contributed by atoms with van der Waals surface area (Å²) in [5, 5.41) is 5.54. The summed E-state index contributed by atoms with van der Waals surface area (Å²) in [6.45, 7) is 6.92. The summed E-state index contributed by atoms with van der Waals surface area (Å²) in [6, 6.07) is 10.3. The van der Waals surface area contributed by atoms with E-state index in [-0.39, 0.29) is 0 Å². The molecule has 2 nitrogen and oxygen atoms in total. The number of rotatable bonds is 7. The molecule has 0 aliphatic rings. The Labute approximate surface area is 133 Å². The van der Waals surface area contributed by atoms with Gasteiger partial charge in [0, 0.05) is 26.8 Å². The largest absolute Gasteiger partial charge is 0.488 e. The highest BCUT2D eigenvalue weighted by Crippen LogP contribution is 2.23. The van der Waals surface area contributed by atoms with Crippen LogP contribution in [0.2, 0.25) is 0 Å². The van der Waals surface area contributed by atoms with Crippen molar-refractivity contribution in [2.24, 2.45) is 5.92 Å². The van der Waals surface area contributed by atoms with Crippen LogP contribution in [0, 0.1) is 5.92 Å². The molecular weight excluding hydrogens is 334 g/mol. The lowest BCUT2D eigenvalue weighted by molar-refractivity contribution is 0.305. The van der Waals surface area contributed by atoms with Gasteiger partial charge in [-0.3, -0.25) is 0 Å². The van der Waals surface area contributed by atoms with Gasteiger partial charge < -0.3 is 10.1 Å². The van der Waals surface area contributed by atoms with E-state index in [0.717, 1.165) is 23.3 Å². The Hall–Kier alpha value is -0.840. The number of ether oxygens (including phenoxy) is 1. The molecule has 0 bridgehead atoms. The Bertz CT molecular complexity index is 539. The molecule has 0 saturated heterocycles. The number of halogens is 1. The maximum absolute atomic E-state index is 5.94. The fraction of sp³-hybridized carbons (Fsp3) is 0.375. The highest BCUT2D eigenvalue weighted by atomic mass is 79.9. The molecule has 1 aromatic heterocycles. The Kier molecular flexibility index (Phi) is 6.07. The average Bonchev–Trinajstić information content (AvgIpc) is 2.83. The number of nitrogens with one attached hydrogen (secondary N) is 1. The van der Waals surface area contributed by atoms with Gasteiger partial charge in [0.25, 0.3) is 0 Å². The van der Waals surface area contributed by atoms with Gasteiger partial charge in [-0.15, -0.1) is 11.3 Å². The summed E-state index contributed by atoms with van der Waals surface area (Å²) in [7, 11) is 0. The number of thiophene rings is 1. The van der Waals surface area contributed by atoms with Crippen molar-refractivity contribution in [2.75, 3.05) is 6.54 Å². The van der Waals surface area contributed by atoms with Crippen molar-refractivity contribution >= 4 is 27.3 Å². The molecule has 0 unspecified atom stereocenters. The molecule has 2 rings (SSSR count). The van der Waals surface area contributed by atoms with Gasteiger partial charge in [0.2, 0.25) is 0 Å². The van der Waals surface area contributed by atoms with Crippen LogP contribution in [-0.2, 0) is 13.2 Å². The molecule has 0 saturated carbocycles. The van der Waals surface area contributed by atoms with Gasteiger partial charge in [0.1, 0.15) is 12.4 Å². The first kappa shape index (κ1) is 15.5. The van der Waals surface area contributed by atoms with E-state index in [1.54, 1.807) is 11.3 Å². The monoisotopic (exact) mass is 353 g/mol. The van der Waals surface area contributed by atoms with E-state index in [1.165, 1.54) is 10.4 Å². The van der Waals surface area contributed by atoms with Crippen LogP contribution >= 0.6 is 27.3 Å². The summed E-state index contributed by atoms with van der Waals surface area (Å²) in [4.78, 5) is 1.22. The number of para-hydroxylation sites is 1. The molecule has 1 aromatic carbocycles. The van der Waals surface area contributed by atoms with Gasteiger partial charge in [-0.05, 0) is 40.5 Å². The van der Waals surface area contributed by atoms with Crippen LogP contribution < -0.4 is 10.1 Å². The number of hydrogen-bond donors (Lipinski definition) is 1. The lowest BCUT2D eigenvalue weighted by atomic mass is 10.2. The van der Waals surface area contributed by atoms with Crippen molar-refractivity contribution < 1.29 is 4.74 Å². The fourth-order valence-electron chi connectivity index (χ4n) is 1.86. The summed E-state index contributed by atoms with van der Waals surface area (Å²) in [5.74, 6) is 1.62. The Morgan fingerprint density at radius 1 is 1.30 bits per heavy atom. The summed E-state index contributed by atoms with van der Waals surface area (Å²) in [6.07, 6.45) is 0. The van der Waals surface area contributed by atoms with E-state index in [2.05, 4.69) is 58.7 Å². The van der Waals surface area contributed by atoms with Crippen LogP contribution in [0.1, 0.15) is 24.3 Å². The lowest BCUT2D eigenvalue weighted by Gasteiger charge is -2.12. The summed E-state index contributed by atoms with van der Waals surface area (Å²) in [5.41, 5.74) is 1.21. The molecule has 0 radical (unpaired) electrons. The molecule has 0 aliphatic heterocycles. The molecule has 2 aromatic rings. The molecular formula is C16H20BrNOS. The van der Waals surface area contributed by atoms with Crippen LogP contribution in [0.25, 0.3) is 0 Å². The van der Waals surface area contributed by atoms with Crippen molar-refractivity contribution in [3.63, 3.8) is 0 Å². The topological polar surface area (TPSA) is 21.3 Å². The highest BCUT2D eigenvalue weighted by Gasteiger charge is 2.05. The second-order valence-corrected chi connectivity index (χ2v) is 7.06. The molecule has 20 heavy (non-hydrogen) atoms. The first-order chi connectivity index (χ1) is 9.65. The van der Waals surface area contributed by atoms with Gasteiger partial charge in [-0.25, -0.2) is 0 Å². The van der Waals surface area contributed by atoms with Crippen LogP contribution in [0.5, 0.6) is 5.75 Å². The second kappa shape index (κ2) is 7.81. The van der Waals surface area contributed by atoms with Gasteiger partial charge >= 0.3 is 0 Å². The van der Waals surface area contributed by atoms with E-state index in [4.69, 9.17) is 4.74 Å². The van der Waals surface area contributed by atoms with Crippen molar-refractivity contribution in [3.05, 3.63) is 50.6 Å². The highest BCUT2D eigenvalue weighted by molar-refractivity contribution is 9.10. The van der Waals surface area contributed by atoms with Crippen molar-refractivity contribution in [3.8, 4) is 5.75 Å². The first-order valence-electron chi connectivity index (χ1n) is 6.79. The maximum Gasteiger partial charge on any atom is 0.124 e. The molecule has 0 amide bonds. The molecule has 0 spiro atoms. The molecule has 1 heterocycles. The van der Waals surface area contributed by atoms with E-state index in [1.807, 2.05) is 12.1 Å². The maximum atomic E-state index is 5.94. The van der Waals surface area contributed by atoms with Crippen molar-refractivity contribution in [1.82, 2.24) is 5.32 Å². The summed E-state index contributed by atoms with van der Waals surface area (Å²) >= 11 is 5.17. The van der Waals surface area contributed by atoms with Crippen molar-refractivity contribution in [2.45, 2.75) is 27.0 Å². The lowest BCUT2D eigenvalue weighted by Crippen LogP contribution is -2.19. The number of hydrogen-bond acceptors (Lipinski definition) is 3. The average molecular weight is 354 g/mol. The zero-order valence-corrected chi connectivity index (χ0v) is 14.3. The van der Waals surface area contributed by atoms with Crippen LogP contribution in [0.4, 0.5) is 0 Å². The molecule has 0 atom stereocenters. The van der Waals surface area contributed by atoms with E-state index in [0.29, 0.717) is 12.5 Å². The van der Waals surface area contributed by atoms with E-state index in [9.17, 15) is 0 Å². The molecule has 4 heteroatoms. The third kappa shape index (κ3) is 4.93. The van der Waals surface area contributed by atoms with Crippen LogP contribution in [0.3, 0.4) is 0 Å². The minimum Gasteiger partial charge on any atom is -0.488 e. The molecule has 1 N–H and O–H groups in total. The third-order valence-corrected chi connectivity index (χ3v) is 4.50. The molecule has 0 aliphatic carbocycles. The fourth-order valence-corrected chi connectivity index (χ4v) is 3.23. The number of benzene rings is 1. The first-order valence-corrected chi connectivity index (χ1v) is 8.46. The Morgan fingerprint density at radius 2 is 2.10 bits per heavy atom. The smallest absolute Gasteiger partial charge is 0.124 e. The zero-order chi connectivity index (χ0) is 14.4.